The summed E-state index contributed by atoms with van der Waals surface area (Å²) in [5.41, 5.74) is 2.11. The summed E-state index contributed by atoms with van der Waals surface area (Å²) in [7, 11) is 0. The summed E-state index contributed by atoms with van der Waals surface area (Å²) in [5, 5.41) is 24.0. The van der Waals surface area contributed by atoms with Gasteiger partial charge in [-0.3, -0.25) is 9.69 Å². The number of piperazine rings is 1. The van der Waals surface area contributed by atoms with Gasteiger partial charge in [-0.05, 0) is 55.5 Å². The molecule has 0 amide bonds. The van der Waals surface area contributed by atoms with E-state index in [0.717, 1.165) is 68.8 Å². The number of anilines is 1. The molecule has 3 aromatic rings. The van der Waals surface area contributed by atoms with Gasteiger partial charge >= 0.3 is 5.56 Å². The molecule has 1 aliphatic heterocycles. The summed E-state index contributed by atoms with van der Waals surface area (Å²) in [6, 6.07) is 14.1. The van der Waals surface area contributed by atoms with E-state index in [1.165, 1.54) is 17.2 Å². The molecular formula is C27H32N4O4. The van der Waals surface area contributed by atoms with Crippen molar-refractivity contribution in [3.8, 4) is 22.9 Å². The fraction of sp³-hybridized carbons (Fsp3) is 0.407. The van der Waals surface area contributed by atoms with E-state index >= 15 is 0 Å². The predicted molar refractivity (Wildman–Crippen MR) is 135 cm³/mol. The molecule has 1 saturated heterocycles. The highest BCUT2D eigenvalue weighted by atomic mass is 16.5. The highest BCUT2D eigenvalue weighted by Crippen LogP contribution is 2.30. The number of nitrogens with zero attached hydrogens (tertiary/aromatic N) is 4. The molecule has 8 heteroatoms. The maximum Gasteiger partial charge on any atom is 0.316 e. The van der Waals surface area contributed by atoms with Crippen LogP contribution in [0.1, 0.15) is 37.7 Å². The SMILES string of the molecule is O=c1c(OC2CCCCC2)c(N2CCN(Cc3cc(O)cc(O)c3)CC2)cnn1-c1ccccc1. The zero-order valence-corrected chi connectivity index (χ0v) is 19.8. The Bertz CT molecular complexity index is 1180. The lowest BCUT2D eigenvalue weighted by Gasteiger charge is -2.37. The van der Waals surface area contributed by atoms with Crippen LogP contribution in [0.15, 0.2) is 59.5 Å². The topological polar surface area (TPSA) is 91.1 Å². The van der Waals surface area contributed by atoms with Crippen LogP contribution in [0.3, 0.4) is 0 Å². The Hall–Kier alpha value is -3.52. The molecule has 2 heterocycles. The normalized spacial score (nSPS) is 17.4. The second-order valence-electron chi connectivity index (χ2n) is 9.41. The van der Waals surface area contributed by atoms with E-state index in [1.807, 2.05) is 30.3 Å². The molecule has 2 fully saturated rings. The average molecular weight is 477 g/mol. The summed E-state index contributed by atoms with van der Waals surface area (Å²) in [5.74, 6) is 0.517. The Kier molecular flexibility index (Phi) is 6.90. The van der Waals surface area contributed by atoms with Crippen molar-refractivity contribution in [2.24, 2.45) is 0 Å². The predicted octanol–water partition coefficient (Wildman–Crippen LogP) is 3.68. The Balaban J connectivity index is 1.36. The summed E-state index contributed by atoms with van der Waals surface area (Å²) < 4.78 is 7.82. The Morgan fingerprint density at radius 2 is 1.60 bits per heavy atom. The number of phenols is 2. The van der Waals surface area contributed by atoms with Crippen LogP contribution >= 0.6 is 0 Å². The molecule has 0 spiro atoms. The van der Waals surface area contributed by atoms with Crippen molar-refractivity contribution < 1.29 is 14.9 Å². The number of benzene rings is 2. The first-order valence-corrected chi connectivity index (χ1v) is 12.4. The number of aromatic hydroxyl groups is 2. The van der Waals surface area contributed by atoms with E-state index in [1.54, 1.807) is 18.3 Å². The minimum atomic E-state index is -0.225. The fourth-order valence-electron chi connectivity index (χ4n) is 5.02. The van der Waals surface area contributed by atoms with Crippen LogP contribution in [0.25, 0.3) is 5.69 Å². The monoisotopic (exact) mass is 476 g/mol. The summed E-state index contributed by atoms with van der Waals surface area (Å²) >= 11 is 0. The maximum absolute atomic E-state index is 13.6. The molecule has 1 aromatic heterocycles. The molecule has 1 saturated carbocycles. The van der Waals surface area contributed by atoms with Gasteiger partial charge in [0.2, 0.25) is 5.75 Å². The molecule has 1 aliphatic carbocycles. The standard InChI is InChI=1S/C27H32N4O4/c32-22-15-20(16-23(33)17-22)19-29-11-13-30(14-12-29)25-18-28-31(21-7-3-1-4-8-21)27(34)26(25)35-24-9-5-2-6-10-24/h1,3-4,7-8,15-18,24,32-33H,2,5-6,9-14,19H2. The smallest absolute Gasteiger partial charge is 0.316 e. The lowest BCUT2D eigenvalue weighted by Crippen LogP contribution is -2.46. The maximum atomic E-state index is 13.6. The second kappa shape index (κ2) is 10.4. The number of phenolic OH excluding ortho intramolecular Hbond substituents is 2. The number of aromatic nitrogens is 2. The lowest BCUT2D eigenvalue weighted by molar-refractivity contribution is 0.152. The first-order valence-electron chi connectivity index (χ1n) is 12.4. The van der Waals surface area contributed by atoms with Gasteiger partial charge < -0.3 is 19.8 Å². The number of hydrogen-bond acceptors (Lipinski definition) is 7. The van der Waals surface area contributed by atoms with Gasteiger partial charge in [-0.1, -0.05) is 24.6 Å². The van der Waals surface area contributed by atoms with E-state index in [-0.39, 0.29) is 23.2 Å². The minimum absolute atomic E-state index is 0.0570. The van der Waals surface area contributed by atoms with Crippen LogP contribution in [-0.2, 0) is 6.54 Å². The fourth-order valence-corrected chi connectivity index (χ4v) is 5.02. The zero-order valence-electron chi connectivity index (χ0n) is 19.8. The van der Waals surface area contributed by atoms with Crippen LogP contribution in [-0.4, -0.2) is 57.2 Å². The van der Waals surface area contributed by atoms with Gasteiger partial charge in [-0.2, -0.15) is 9.78 Å². The van der Waals surface area contributed by atoms with Crippen LogP contribution in [0, 0.1) is 0 Å². The second-order valence-corrected chi connectivity index (χ2v) is 9.41. The van der Waals surface area contributed by atoms with Crippen molar-refractivity contribution in [1.82, 2.24) is 14.7 Å². The van der Waals surface area contributed by atoms with Crippen molar-refractivity contribution in [3.63, 3.8) is 0 Å². The van der Waals surface area contributed by atoms with Gasteiger partial charge in [-0.15, -0.1) is 0 Å². The van der Waals surface area contributed by atoms with Gasteiger partial charge in [0.05, 0.1) is 18.0 Å². The van der Waals surface area contributed by atoms with E-state index < -0.39 is 0 Å². The highest BCUT2D eigenvalue weighted by molar-refractivity contribution is 5.57. The van der Waals surface area contributed by atoms with Gasteiger partial charge in [0.1, 0.15) is 17.2 Å². The van der Waals surface area contributed by atoms with E-state index in [2.05, 4.69) is 14.9 Å². The van der Waals surface area contributed by atoms with Crippen molar-refractivity contribution in [2.45, 2.75) is 44.8 Å². The number of ether oxygens (including phenoxy) is 1. The van der Waals surface area contributed by atoms with Crippen LogP contribution in [0.2, 0.25) is 0 Å². The molecule has 2 aromatic carbocycles. The molecule has 5 rings (SSSR count). The molecule has 8 nitrogen and oxygen atoms in total. The molecular weight excluding hydrogens is 444 g/mol. The minimum Gasteiger partial charge on any atom is -0.508 e. The van der Waals surface area contributed by atoms with E-state index in [4.69, 9.17) is 4.74 Å². The number of hydrogen-bond donors (Lipinski definition) is 2. The van der Waals surface area contributed by atoms with E-state index in [0.29, 0.717) is 12.3 Å². The Morgan fingerprint density at radius 1 is 0.914 bits per heavy atom. The molecule has 0 atom stereocenters. The third-order valence-corrected chi connectivity index (χ3v) is 6.83. The molecule has 2 aliphatic rings. The summed E-state index contributed by atoms with van der Waals surface area (Å²) in [6.07, 6.45) is 7.23. The molecule has 0 bridgehead atoms. The molecule has 0 radical (unpaired) electrons. The third-order valence-electron chi connectivity index (χ3n) is 6.83. The first-order chi connectivity index (χ1) is 17.1. The van der Waals surface area contributed by atoms with Crippen LogP contribution in [0.4, 0.5) is 5.69 Å². The highest BCUT2D eigenvalue weighted by Gasteiger charge is 2.26. The first kappa shape index (κ1) is 23.2. The van der Waals surface area contributed by atoms with Crippen LogP contribution < -0.4 is 15.2 Å². The van der Waals surface area contributed by atoms with Crippen molar-refractivity contribution in [1.29, 1.82) is 0 Å². The van der Waals surface area contributed by atoms with Crippen LogP contribution in [0.5, 0.6) is 17.2 Å². The molecule has 0 unspecified atom stereocenters. The molecule has 2 N–H and O–H groups in total. The van der Waals surface area contributed by atoms with Gasteiger partial charge in [0.15, 0.2) is 0 Å². The van der Waals surface area contributed by atoms with E-state index in [9.17, 15) is 15.0 Å². The largest absolute Gasteiger partial charge is 0.508 e. The quantitative estimate of drug-likeness (QED) is 0.561. The third kappa shape index (κ3) is 5.43. The number of rotatable bonds is 6. The van der Waals surface area contributed by atoms with Crippen molar-refractivity contribution in [2.75, 3.05) is 31.1 Å². The molecule has 184 valence electrons. The summed E-state index contributed by atoms with van der Waals surface area (Å²) in [6.45, 7) is 3.64. The number of para-hydroxylation sites is 1. The lowest BCUT2D eigenvalue weighted by atomic mass is 9.98. The Morgan fingerprint density at radius 3 is 2.29 bits per heavy atom. The molecule has 35 heavy (non-hydrogen) atoms. The zero-order chi connectivity index (χ0) is 24.2. The van der Waals surface area contributed by atoms with Gasteiger partial charge in [-0.25, -0.2) is 0 Å². The van der Waals surface area contributed by atoms with Crippen molar-refractivity contribution >= 4 is 5.69 Å². The van der Waals surface area contributed by atoms with Crippen molar-refractivity contribution in [3.05, 3.63) is 70.6 Å². The van der Waals surface area contributed by atoms with Gasteiger partial charge in [0.25, 0.3) is 0 Å². The van der Waals surface area contributed by atoms with Gasteiger partial charge in [0, 0.05) is 38.8 Å². The Labute approximate surface area is 205 Å². The average Bonchev–Trinajstić information content (AvgIpc) is 2.86. The summed E-state index contributed by atoms with van der Waals surface area (Å²) in [4.78, 5) is 18.0.